The second-order valence-electron chi connectivity index (χ2n) is 3.22. The first-order chi connectivity index (χ1) is 4.77. The molecule has 1 aliphatic carbocycles. The van der Waals surface area contributed by atoms with E-state index in [-0.39, 0.29) is 0 Å². The lowest BCUT2D eigenvalue weighted by Gasteiger charge is -1.94. The van der Waals surface area contributed by atoms with Gasteiger partial charge in [-0.3, -0.25) is 4.68 Å². The van der Waals surface area contributed by atoms with Crippen LogP contribution >= 0.6 is 0 Å². The first kappa shape index (κ1) is 5.96. The highest BCUT2D eigenvalue weighted by Crippen LogP contribution is 2.41. The molecule has 0 radical (unpaired) electrons. The summed E-state index contributed by atoms with van der Waals surface area (Å²) in [5, 5.41) is 4.34. The molecule has 1 aliphatic rings. The van der Waals surface area contributed by atoms with E-state index in [1.807, 2.05) is 6.92 Å². The van der Waals surface area contributed by atoms with E-state index in [1.165, 1.54) is 6.42 Å². The Balaban J connectivity index is 2.20. The second kappa shape index (κ2) is 1.84. The number of aromatic nitrogens is 2. The number of hydrogen-bond acceptors (Lipinski definition) is 1. The molecule has 0 amide bonds. The van der Waals surface area contributed by atoms with E-state index in [0.29, 0.717) is 6.04 Å². The van der Waals surface area contributed by atoms with Crippen LogP contribution in [0.3, 0.4) is 0 Å². The van der Waals surface area contributed by atoms with Crippen molar-refractivity contribution in [1.82, 2.24) is 9.78 Å². The third-order valence-corrected chi connectivity index (χ3v) is 2.15. The molecule has 1 aromatic rings. The van der Waals surface area contributed by atoms with Crippen LogP contribution in [0.5, 0.6) is 0 Å². The highest BCUT2D eigenvalue weighted by atomic mass is 15.3. The van der Waals surface area contributed by atoms with Gasteiger partial charge in [-0.15, -0.1) is 0 Å². The zero-order chi connectivity index (χ0) is 7.14. The lowest BCUT2D eigenvalue weighted by atomic mass is 10.5. The summed E-state index contributed by atoms with van der Waals surface area (Å²) in [6.07, 6.45) is 3.38. The third kappa shape index (κ3) is 0.838. The first-order valence-corrected chi connectivity index (χ1v) is 3.79. The minimum atomic E-state index is 0.702. The van der Waals surface area contributed by atoms with Gasteiger partial charge in [-0.1, -0.05) is 6.92 Å². The fourth-order valence-corrected chi connectivity index (χ4v) is 1.29. The summed E-state index contributed by atoms with van der Waals surface area (Å²) in [6, 6.07) is 2.76. The van der Waals surface area contributed by atoms with E-state index in [9.17, 15) is 0 Å². The molecule has 0 spiro atoms. The number of rotatable bonds is 1. The minimum absolute atomic E-state index is 0.702. The zero-order valence-electron chi connectivity index (χ0n) is 6.41. The lowest BCUT2D eigenvalue weighted by Crippen LogP contribution is -1.95. The van der Waals surface area contributed by atoms with E-state index < -0.39 is 0 Å². The highest BCUT2D eigenvalue weighted by Gasteiger charge is 2.34. The standard InChI is InChI=1S/C8H12N2/c1-6-5-8(6)10-4-3-7(2)9-10/h3-4,6,8H,5H2,1-2H3. The van der Waals surface area contributed by atoms with E-state index in [1.54, 1.807) is 0 Å². The predicted octanol–water partition coefficient (Wildman–Crippen LogP) is 1.77. The molecule has 54 valence electrons. The van der Waals surface area contributed by atoms with Crippen LogP contribution in [0.1, 0.15) is 25.1 Å². The normalized spacial score (nSPS) is 30.6. The molecular formula is C8H12N2. The minimum Gasteiger partial charge on any atom is -0.269 e. The first-order valence-electron chi connectivity index (χ1n) is 3.79. The van der Waals surface area contributed by atoms with Crippen molar-refractivity contribution in [3.05, 3.63) is 18.0 Å². The molecule has 0 aliphatic heterocycles. The molecule has 1 aromatic heterocycles. The summed E-state index contributed by atoms with van der Waals surface area (Å²) in [7, 11) is 0. The van der Waals surface area contributed by atoms with Crippen molar-refractivity contribution >= 4 is 0 Å². The predicted molar refractivity (Wildman–Crippen MR) is 39.8 cm³/mol. The third-order valence-electron chi connectivity index (χ3n) is 2.15. The second-order valence-corrected chi connectivity index (χ2v) is 3.22. The van der Waals surface area contributed by atoms with Crippen LogP contribution in [-0.2, 0) is 0 Å². The van der Waals surface area contributed by atoms with Gasteiger partial charge in [-0.05, 0) is 25.3 Å². The SMILES string of the molecule is Cc1ccn(C2CC2C)n1. The summed E-state index contributed by atoms with van der Waals surface area (Å²) in [4.78, 5) is 0. The Hall–Kier alpha value is -0.790. The van der Waals surface area contributed by atoms with Crippen LogP contribution in [0.25, 0.3) is 0 Å². The Labute approximate surface area is 60.9 Å². The van der Waals surface area contributed by atoms with Crippen LogP contribution in [-0.4, -0.2) is 9.78 Å². The van der Waals surface area contributed by atoms with Crippen molar-refractivity contribution < 1.29 is 0 Å². The van der Waals surface area contributed by atoms with Gasteiger partial charge in [0.1, 0.15) is 0 Å². The average Bonchev–Trinajstić information content (AvgIpc) is 2.42. The van der Waals surface area contributed by atoms with Gasteiger partial charge in [0.15, 0.2) is 0 Å². The molecule has 2 rings (SSSR count). The largest absolute Gasteiger partial charge is 0.269 e. The maximum Gasteiger partial charge on any atom is 0.0593 e. The Bertz CT molecular complexity index is 239. The monoisotopic (exact) mass is 136 g/mol. The Kier molecular flexibility index (Phi) is 1.10. The van der Waals surface area contributed by atoms with Crippen LogP contribution in [0.15, 0.2) is 12.3 Å². The molecule has 1 saturated carbocycles. The van der Waals surface area contributed by atoms with Gasteiger partial charge in [0, 0.05) is 6.20 Å². The maximum atomic E-state index is 4.34. The molecule has 0 aromatic carbocycles. The van der Waals surface area contributed by atoms with Gasteiger partial charge < -0.3 is 0 Å². The van der Waals surface area contributed by atoms with Crippen LogP contribution in [0.2, 0.25) is 0 Å². The highest BCUT2D eigenvalue weighted by molar-refractivity contribution is 4.99. The molecule has 0 saturated heterocycles. The van der Waals surface area contributed by atoms with Gasteiger partial charge in [-0.2, -0.15) is 5.10 Å². The summed E-state index contributed by atoms with van der Waals surface area (Å²) in [5.74, 6) is 0.847. The summed E-state index contributed by atoms with van der Waals surface area (Å²) in [6.45, 7) is 4.30. The van der Waals surface area contributed by atoms with E-state index in [0.717, 1.165) is 11.6 Å². The van der Waals surface area contributed by atoms with Crippen molar-refractivity contribution in [1.29, 1.82) is 0 Å². The lowest BCUT2D eigenvalue weighted by molar-refractivity contribution is 0.600. The maximum absolute atomic E-state index is 4.34. The van der Waals surface area contributed by atoms with Gasteiger partial charge in [-0.25, -0.2) is 0 Å². The molecule has 0 N–H and O–H groups in total. The molecule has 1 heterocycles. The Morgan fingerprint density at radius 3 is 2.80 bits per heavy atom. The van der Waals surface area contributed by atoms with Crippen molar-refractivity contribution in [3.63, 3.8) is 0 Å². The molecule has 2 heteroatoms. The smallest absolute Gasteiger partial charge is 0.0593 e. The van der Waals surface area contributed by atoms with E-state index in [4.69, 9.17) is 0 Å². The zero-order valence-corrected chi connectivity index (χ0v) is 6.41. The Morgan fingerprint density at radius 2 is 2.40 bits per heavy atom. The molecule has 2 atom stereocenters. The van der Waals surface area contributed by atoms with Crippen molar-refractivity contribution in [2.75, 3.05) is 0 Å². The molecule has 0 bridgehead atoms. The van der Waals surface area contributed by atoms with Crippen molar-refractivity contribution in [3.8, 4) is 0 Å². The topological polar surface area (TPSA) is 17.8 Å². The quantitative estimate of drug-likeness (QED) is 0.575. The van der Waals surface area contributed by atoms with E-state index >= 15 is 0 Å². The average molecular weight is 136 g/mol. The van der Waals surface area contributed by atoms with Crippen molar-refractivity contribution in [2.24, 2.45) is 5.92 Å². The van der Waals surface area contributed by atoms with Crippen LogP contribution < -0.4 is 0 Å². The summed E-state index contributed by atoms with van der Waals surface area (Å²) >= 11 is 0. The van der Waals surface area contributed by atoms with Gasteiger partial charge in [0.05, 0.1) is 11.7 Å². The number of hydrogen-bond donors (Lipinski definition) is 0. The molecule has 2 nitrogen and oxygen atoms in total. The Morgan fingerprint density at radius 1 is 1.70 bits per heavy atom. The molecule has 1 fully saturated rings. The number of nitrogens with zero attached hydrogens (tertiary/aromatic N) is 2. The molecule has 10 heavy (non-hydrogen) atoms. The van der Waals surface area contributed by atoms with Gasteiger partial charge in [0.25, 0.3) is 0 Å². The summed E-state index contributed by atoms with van der Waals surface area (Å²) in [5.41, 5.74) is 1.12. The molecule has 2 unspecified atom stereocenters. The molecular weight excluding hydrogens is 124 g/mol. The van der Waals surface area contributed by atoms with Crippen LogP contribution in [0.4, 0.5) is 0 Å². The summed E-state index contributed by atoms with van der Waals surface area (Å²) < 4.78 is 2.08. The fraction of sp³-hybridized carbons (Fsp3) is 0.625. The van der Waals surface area contributed by atoms with Gasteiger partial charge in [0.2, 0.25) is 0 Å². The van der Waals surface area contributed by atoms with Gasteiger partial charge >= 0.3 is 0 Å². The van der Waals surface area contributed by atoms with Crippen molar-refractivity contribution in [2.45, 2.75) is 26.3 Å². The fourth-order valence-electron chi connectivity index (χ4n) is 1.29. The van der Waals surface area contributed by atoms with Crippen LogP contribution in [0, 0.1) is 12.8 Å². The number of aryl methyl sites for hydroxylation is 1. The van der Waals surface area contributed by atoms with E-state index in [2.05, 4.69) is 29.0 Å².